The van der Waals surface area contributed by atoms with Crippen LogP contribution in [0.15, 0.2) is 30.3 Å². The molecule has 0 atom stereocenters. The number of hydrogen-bond acceptors (Lipinski definition) is 4. The number of nitrogens with two attached hydrogens (primary N) is 1. The molecule has 0 bridgehead atoms. The fourth-order valence-electron chi connectivity index (χ4n) is 0.535. The second kappa shape index (κ2) is 4.16. The quantitative estimate of drug-likeness (QED) is 0.312. The molecule has 1 rings (SSSR count). The lowest BCUT2D eigenvalue weighted by atomic mass is 10.3. The van der Waals surface area contributed by atoms with Crippen LogP contribution in [0, 0.1) is 0 Å². The van der Waals surface area contributed by atoms with Gasteiger partial charge < -0.3 is 4.89 Å². The van der Waals surface area contributed by atoms with Crippen molar-refractivity contribution in [3.8, 4) is 5.75 Å². The Morgan fingerprint density at radius 1 is 1.20 bits per heavy atom. The maximum atomic E-state index is 4.95. The van der Waals surface area contributed by atoms with Crippen LogP contribution in [-0.4, -0.2) is 0 Å². The Hall–Kier alpha value is -0.710. The third-order valence-electron chi connectivity index (χ3n) is 0.913. The van der Waals surface area contributed by atoms with Gasteiger partial charge >= 0.3 is 0 Å². The molecule has 1 aromatic carbocycles. The van der Waals surface area contributed by atoms with Crippen molar-refractivity contribution in [3.63, 3.8) is 0 Å². The lowest BCUT2D eigenvalue weighted by Crippen LogP contribution is -1.91. The minimum atomic E-state index is 0.639. The summed E-state index contributed by atoms with van der Waals surface area (Å²) in [6, 6.07) is 9.13. The molecule has 0 saturated heterocycles. The normalized spacial score (nSPS) is 9.30. The molecule has 0 aliphatic heterocycles. The van der Waals surface area contributed by atoms with Crippen LogP contribution in [-0.2, 0) is 4.33 Å². The van der Waals surface area contributed by atoms with Crippen molar-refractivity contribution in [3.05, 3.63) is 30.3 Å². The SMILES string of the molecule is NSOOc1ccccc1. The molecule has 0 heterocycles. The molecule has 0 unspecified atom stereocenters. The molecule has 0 saturated carbocycles. The van der Waals surface area contributed by atoms with Gasteiger partial charge in [-0.1, -0.05) is 22.5 Å². The van der Waals surface area contributed by atoms with Gasteiger partial charge in [-0.25, -0.2) is 0 Å². The van der Waals surface area contributed by atoms with Crippen molar-refractivity contribution in [2.75, 3.05) is 0 Å². The number of benzene rings is 1. The van der Waals surface area contributed by atoms with Gasteiger partial charge in [0.1, 0.15) is 12.2 Å². The average molecular weight is 157 g/mol. The highest BCUT2D eigenvalue weighted by Gasteiger charge is 1.88. The molecule has 0 aliphatic rings. The van der Waals surface area contributed by atoms with E-state index in [0.29, 0.717) is 18.0 Å². The summed E-state index contributed by atoms with van der Waals surface area (Å²) in [4.78, 5) is 4.69. The smallest absolute Gasteiger partial charge is 0.166 e. The number of hydrogen-bond donors (Lipinski definition) is 1. The summed E-state index contributed by atoms with van der Waals surface area (Å²) in [5.74, 6) is 0.639. The zero-order valence-corrected chi connectivity index (χ0v) is 6.01. The van der Waals surface area contributed by atoms with Crippen LogP contribution >= 0.6 is 12.2 Å². The Labute approximate surface area is 63.4 Å². The lowest BCUT2D eigenvalue weighted by Gasteiger charge is -1.97. The van der Waals surface area contributed by atoms with E-state index in [1.165, 1.54) is 0 Å². The van der Waals surface area contributed by atoms with E-state index >= 15 is 0 Å². The first kappa shape index (κ1) is 7.40. The summed E-state index contributed by atoms with van der Waals surface area (Å²) in [7, 11) is 0. The molecule has 0 aromatic heterocycles. The minimum absolute atomic E-state index is 0.639. The fourth-order valence-corrected chi connectivity index (χ4v) is 0.653. The molecule has 54 valence electrons. The van der Waals surface area contributed by atoms with Crippen LogP contribution in [0.1, 0.15) is 0 Å². The van der Waals surface area contributed by atoms with Gasteiger partial charge in [-0.2, -0.15) is 0 Å². The monoisotopic (exact) mass is 157 g/mol. The molecule has 0 aliphatic carbocycles. The molecule has 2 N–H and O–H groups in total. The summed E-state index contributed by atoms with van der Waals surface area (Å²) >= 11 is 0.674. The van der Waals surface area contributed by atoms with E-state index in [2.05, 4.69) is 4.33 Å². The Balaban J connectivity index is 2.43. The Morgan fingerprint density at radius 3 is 2.50 bits per heavy atom. The van der Waals surface area contributed by atoms with Crippen molar-refractivity contribution in [1.29, 1.82) is 0 Å². The second-order valence-corrected chi connectivity index (χ2v) is 1.89. The largest absolute Gasteiger partial charge is 0.324 e. The first-order chi connectivity index (χ1) is 4.93. The highest BCUT2D eigenvalue weighted by molar-refractivity contribution is 7.92. The first-order valence-electron chi connectivity index (χ1n) is 2.68. The first-order valence-corrected chi connectivity index (χ1v) is 3.49. The molecule has 10 heavy (non-hydrogen) atoms. The van der Waals surface area contributed by atoms with Crippen molar-refractivity contribution < 1.29 is 9.22 Å². The summed E-state index contributed by atoms with van der Waals surface area (Å²) in [6.45, 7) is 0. The van der Waals surface area contributed by atoms with E-state index in [0.717, 1.165) is 0 Å². The maximum absolute atomic E-state index is 4.95. The summed E-state index contributed by atoms with van der Waals surface area (Å²) in [5, 5.41) is 4.95. The van der Waals surface area contributed by atoms with Gasteiger partial charge in [0, 0.05) is 0 Å². The van der Waals surface area contributed by atoms with E-state index in [1.54, 1.807) is 12.1 Å². The summed E-state index contributed by atoms with van der Waals surface area (Å²) in [5.41, 5.74) is 0. The van der Waals surface area contributed by atoms with Crippen molar-refractivity contribution in [2.45, 2.75) is 0 Å². The van der Waals surface area contributed by atoms with Gasteiger partial charge in [-0.3, -0.25) is 5.14 Å². The maximum Gasteiger partial charge on any atom is 0.166 e. The number of rotatable bonds is 3. The zero-order chi connectivity index (χ0) is 7.23. The molecule has 4 heteroatoms. The molecular weight excluding hydrogens is 150 g/mol. The highest BCUT2D eigenvalue weighted by Crippen LogP contribution is 2.09. The Morgan fingerprint density at radius 2 is 1.90 bits per heavy atom. The fraction of sp³-hybridized carbons (Fsp3) is 0. The van der Waals surface area contributed by atoms with E-state index in [9.17, 15) is 0 Å². The third kappa shape index (κ3) is 2.26. The van der Waals surface area contributed by atoms with Crippen LogP contribution < -0.4 is 10.0 Å². The predicted octanol–water partition coefficient (Wildman–Crippen LogP) is 1.52. The van der Waals surface area contributed by atoms with Gasteiger partial charge in [0.15, 0.2) is 5.75 Å². The topological polar surface area (TPSA) is 44.5 Å². The molecule has 0 fully saturated rings. The van der Waals surface area contributed by atoms with Crippen molar-refractivity contribution >= 4 is 12.2 Å². The highest BCUT2D eigenvalue weighted by atomic mass is 32.2. The van der Waals surface area contributed by atoms with Gasteiger partial charge in [-0.15, -0.1) is 0 Å². The molecule has 0 spiro atoms. The molecule has 0 amide bonds. The van der Waals surface area contributed by atoms with Crippen LogP contribution in [0.2, 0.25) is 0 Å². The van der Waals surface area contributed by atoms with Crippen LogP contribution in [0.3, 0.4) is 0 Å². The van der Waals surface area contributed by atoms with Crippen LogP contribution in [0.5, 0.6) is 5.75 Å². The van der Waals surface area contributed by atoms with Gasteiger partial charge in [0.2, 0.25) is 0 Å². The van der Waals surface area contributed by atoms with Crippen molar-refractivity contribution in [1.82, 2.24) is 0 Å². The standard InChI is InChI=1S/C6H7NO2S/c7-10-9-8-6-4-2-1-3-5-6/h1-5H,7H2. The average Bonchev–Trinajstić information content (AvgIpc) is 2.03. The van der Waals surface area contributed by atoms with Gasteiger partial charge in [0.25, 0.3) is 0 Å². The third-order valence-corrected chi connectivity index (χ3v) is 1.06. The number of para-hydroxylation sites is 1. The van der Waals surface area contributed by atoms with Gasteiger partial charge in [0.05, 0.1) is 0 Å². The Bertz CT molecular complexity index is 180. The summed E-state index contributed by atoms with van der Waals surface area (Å²) in [6.07, 6.45) is 0. The minimum Gasteiger partial charge on any atom is -0.324 e. The van der Waals surface area contributed by atoms with Crippen LogP contribution in [0.4, 0.5) is 0 Å². The lowest BCUT2D eigenvalue weighted by molar-refractivity contribution is -0.0777. The molecule has 0 radical (unpaired) electrons. The van der Waals surface area contributed by atoms with E-state index in [4.69, 9.17) is 10.0 Å². The van der Waals surface area contributed by atoms with E-state index < -0.39 is 0 Å². The molecule has 1 aromatic rings. The molecular formula is C6H7NO2S. The zero-order valence-electron chi connectivity index (χ0n) is 5.19. The Kier molecular flexibility index (Phi) is 3.08. The molecule has 3 nitrogen and oxygen atoms in total. The van der Waals surface area contributed by atoms with Crippen molar-refractivity contribution in [2.24, 2.45) is 5.14 Å². The van der Waals surface area contributed by atoms with Gasteiger partial charge in [-0.05, 0) is 12.1 Å². The summed E-state index contributed by atoms with van der Waals surface area (Å²) < 4.78 is 4.41. The van der Waals surface area contributed by atoms with Crippen LogP contribution in [0.25, 0.3) is 0 Å². The van der Waals surface area contributed by atoms with E-state index in [-0.39, 0.29) is 0 Å². The van der Waals surface area contributed by atoms with E-state index in [1.807, 2.05) is 18.2 Å². The second-order valence-electron chi connectivity index (χ2n) is 1.56. The predicted molar refractivity (Wildman–Crippen MR) is 39.9 cm³/mol.